The lowest BCUT2D eigenvalue weighted by Gasteiger charge is -2.19. The highest BCUT2D eigenvalue weighted by Gasteiger charge is 2.27. The van der Waals surface area contributed by atoms with Gasteiger partial charge in [0.1, 0.15) is 5.54 Å². The van der Waals surface area contributed by atoms with Gasteiger partial charge >= 0.3 is 5.97 Å². The molecule has 0 aliphatic carbocycles. The minimum absolute atomic E-state index is 0.317. The molecule has 0 heterocycles. The monoisotopic (exact) mass is 255 g/mol. The van der Waals surface area contributed by atoms with Crippen LogP contribution in [-0.4, -0.2) is 16.6 Å². The lowest BCUT2D eigenvalue weighted by atomic mass is 9.93. The van der Waals surface area contributed by atoms with E-state index in [2.05, 4.69) is 0 Å². The van der Waals surface area contributed by atoms with Gasteiger partial charge in [-0.3, -0.25) is 4.79 Å². The smallest absolute Gasteiger partial charge is 0.323 e. The van der Waals surface area contributed by atoms with E-state index in [1.807, 2.05) is 54.6 Å². The van der Waals surface area contributed by atoms with E-state index in [4.69, 9.17) is 10.8 Å². The largest absolute Gasteiger partial charge is 0.480 e. The molecule has 0 saturated heterocycles. The number of nitrogens with two attached hydrogens (primary N) is 1. The van der Waals surface area contributed by atoms with Gasteiger partial charge in [0.15, 0.2) is 0 Å². The highest BCUT2D eigenvalue weighted by Crippen LogP contribution is 2.20. The number of aliphatic carboxylic acids is 1. The van der Waals surface area contributed by atoms with Gasteiger partial charge in [0, 0.05) is 6.42 Å². The summed E-state index contributed by atoms with van der Waals surface area (Å²) in [5.41, 5.74) is 7.69. The second kappa shape index (κ2) is 5.24. The Labute approximate surface area is 112 Å². The van der Waals surface area contributed by atoms with E-state index in [9.17, 15) is 4.79 Å². The molecule has 0 aliphatic rings. The summed E-state index contributed by atoms with van der Waals surface area (Å²) >= 11 is 0. The number of hydrogen-bond acceptors (Lipinski definition) is 2. The number of hydrogen-bond donors (Lipinski definition) is 2. The molecule has 3 heteroatoms. The predicted molar refractivity (Wildman–Crippen MR) is 75.8 cm³/mol. The lowest BCUT2D eigenvalue weighted by Crippen LogP contribution is -2.46. The standard InChI is InChI=1S/C16H17NO2/c1-16(17,15(18)19)11-12-7-9-14(10-8-12)13-5-3-2-4-6-13/h2-10H,11,17H2,1H3,(H,18,19). The molecule has 0 spiro atoms. The van der Waals surface area contributed by atoms with Gasteiger partial charge in [0.05, 0.1) is 0 Å². The van der Waals surface area contributed by atoms with Gasteiger partial charge < -0.3 is 10.8 Å². The van der Waals surface area contributed by atoms with Crippen molar-refractivity contribution in [2.24, 2.45) is 5.73 Å². The summed E-state index contributed by atoms with van der Waals surface area (Å²) in [4.78, 5) is 11.0. The molecule has 0 aromatic heterocycles. The van der Waals surface area contributed by atoms with Crippen LogP contribution in [0.5, 0.6) is 0 Å². The first-order chi connectivity index (χ1) is 8.99. The molecule has 0 bridgehead atoms. The molecule has 1 unspecified atom stereocenters. The van der Waals surface area contributed by atoms with Crippen molar-refractivity contribution in [3.63, 3.8) is 0 Å². The number of carboxylic acids is 1. The van der Waals surface area contributed by atoms with Crippen LogP contribution in [0.2, 0.25) is 0 Å². The minimum Gasteiger partial charge on any atom is -0.480 e. The van der Waals surface area contributed by atoms with Gasteiger partial charge in [-0.25, -0.2) is 0 Å². The van der Waals surface area contributed by atoms with Gasteiger partial charge in [-0.2, -0.15) is 0 Å². The molecule has 0 aliphatic heterocycles. The number of rotatable bonds is 4. The third-order valence-corrected chi connectivity index (χ3v) is 3.12. The summed E-state index contributed by atoms with van der Waals surface area (Å²) in [6, 6.07) is 17.9. The van der Waals surface area contributed by atoms with Crippen molar-refractivity contribution in [2.45, 2.75) is 18.9 Å². The van der Waals surface area contributed by atoms with Crippen molar-refractivity contribution in [2.75, 3.05) is 0 Å². The molecule has 3 nitrogen and oxygen atoms in total. The van der Waals surface area contributed by atoms with Crippen LogP contribution in [0.3, 0.4) is 0 Å². The third-order valence-electron chi connectivity index (χ3n) is 3.12. The molecule has 0 fully saturated rings. The van der Waals surface area contributed by atoms with Gasteiger partial charge in [-0.1, -0.05) is 54.6 Å². The van der Waals surface area contributed by atoms with Crippen LogP contribution in [0.15, 0.2) is 54.6 Å². The topological polar surface area (TPSA) is 63.3 Å². The van der Waals surface area contributed by atoms with E-state index in [1.54, 1.807) is 0 Å². The number of benzene rings is 2. The second-order valence-corrected chi connectivity index (χ2v) is 4.96. The molecule has 0 saturated carbocycles. The van der Waals surface area contributed by atoms with E-state index in [1.165, 1.54) is 6.92 Å². The van der Waals surface area contributed by atoms with E-state index < -0.39 is 11.5 Å². The van der Waals surface area contributed by atoms with E-state index in [-0.39, 0.29) is 0 Å². The average Bonchev–Trinajstić information content (AvgIpc) is 2.40. The zero-order valence-electron chi connectivity index (χ0n) is 10.8. The Bertz CT molecular complexity index is 559. The molecule has 2 aromatic carbocycles. The van der Waals surface area contributed by atoms with Crippen LogP contribution in [0, 0.1) is 0 Å². The molecule has 0 radical (unpaired) electrons. The number of carbonyl (C=O) groups is 1. The summed E-state index contributed by atoms with van der Waals surface area (Å²) in [6.07, 6.45) is 0.317. The van der Waals surface area contributed by atoms with E-state index in [0.717, 1.165) is 16.7 Å². The van der Waals surface area contributed by atoms with Crippen LogP contribution in [0.1, 0.15) is 12.5 Å². The summed E-state index contributed by atoms with van der Waals surface area (Å²) in [7, 11) is 0. The normalized spacial score (nSPS) is 13.8. The quantitative estimate of drug-likeness (QED) is 0.883. The Morgan fingerprint density at radius 2 is 1.58 bits per heavy atom. The van der Waals surface area contributed by atoms with Crippen molar-refractivity contribution in [1.29, 1.82) is 0 Å². The number of carboxylic acid groups (broad SMARTS) is 1. The van der Waals surface area contributed by atoms with Crippen molar-refractivity contribution in [3.8, 4) is 11.1 Å². The summed E-state index contributed by atoms with van der Waals surface area (Å²) in [6.45, 7) is 1.53. The zero-order valence-corrected chi connectivity index (χ0v) is 10.8. The van der Waals surface area contributed by atoms with E-state index in [0.29, 0.717) is 6.42 Å². The molecule has 0 amide bonds. The SMILES string of the molecule is CC(N)(Cc1ccc(-c2ccccc2)cc1)C(=O)O. The van der Waals surface area contributed by atoms with Crippen molar-refractivity contribution in [3.05, 3.63) is 60.2 Å². The minimum atomic E-state index is -1.23. The zero-order chi connectivity index (χ0) is 13.9. The van der Waals surface area contributed by atoms with Gasteiger partial charge in [-0.05, 0) is 23.6 Å². The summed E-state index contributed by atoms with van der Waals surface area (Å²) in [5.74, 6) is -0.986. The Morgan fingerprint density at radius 3 is 2.11 bits per heavy atom. The van der Waals surface area contributed by atoms with E-state index >= 15 is 0 Å². The molecule has 19 heavy (non-hydrogen) atoms. The van der Waals surface area contributed by atoms with Crippen LogP contribution in [0.4, 0.5) is 0 Å². The Hall–Kier alpha value is -2.13. The highest BCUT2D eigenvalue weighted by molar-refractivity contribution is 5.78. The fourth-order valence-corrected chi connectivity index (χ4v) is 1.95. The highest BCUT2D eigenvalue weighted by atomic mass is 16.4. The Morgan fingerprint density at radius 1 is 1.05 bits per heavy atom. The maximum absolute atomic E-state index is 11.0. The fourth-order valence-electron chi connectivity index (χ4n) is 1.95. The first-order valence-electron chi connectivity index (χ1n) is 6.16. The van der Waals surface area contributed by atoms with Crippen LogP contribution < -0.4 is 5.73 Å². The van der Waals surface area contributed by atoms with Gasteiger partial charge in [-0.15, -0.1) is 0 Å². The lowest BCUT2D eigenvalue weighted by molar-refractivity contribution is -0.142. The Kier molecular flexibility index (Phi) is 3.67. The molecule has 3 N–H and O–H groups in total. The first-order valence-corrected chi connectivity index (χ1v) is 6.16. The molecule has 98 valence electrons. The van der Waals surface area contributed by atoms with Gasteiger partial charge in [0.25, 0.3) is 0 Å². The molecule has 2 rings (SSSR count). The van der Waals surface area contributed by atoms with Crippen molar-refractivity contribution in [1.82, 2.24) is 0 Å². The van der Waals surface area contributed by atoms with Crippen LogP contribution >= 0.6 is 0 Å². The molecule has 2 aromatic rings. The van der Waals surface area contributed by atoms with Crippen LogP contribution in [0.25, 0.3) is 11.1 Å². The van der Waals surface area contributed by atoms with Crippen molar-refractivity contribution >= 4 is 5.97 Å². The second-order valence-electron chi connectivity index (χ2n) is 4.96. The molecular weight excluding hydrogens is 238 g/mol. The average molecular weight is 255 g/mol. The molecular formula is C16H17NO2. The Balaban J connectivity index is 2.18. The van der Waals surface area contributed by atoms with Gasteiger partial charge in [0.2, 0.25) is 0 Å². The summed E-state index contributed by atoms with van der Waals surface area (Å²) in [5, 5.41) is 9.01. The maximum Gasteiger partial charge on any atom is 0.323 e. The first kappa shape index (κ1) is 13.3. The summed E-state index contributed by atoms with van der Waals surface area (Å²) < 4.78 is 0. The fraction of sp³-hybridized carbons (Fsp3) is 0.188. The van der Waals surface area contributed by atoms with Crippen LogP contribution in [-0.2, 0) is 11.2 Å². The third kappa shape index (κ3) is 3.20. The maximum atomic E-state index is 11.0. The molecule has 1 atom stereocenters. The van der Waals surface area contributed by atoms with Crippen molar-refractivity contribution < 1.29 is 9.90 Å². The predicted octanol–water partition coefficient (Wildman–Crippen LogP) is 2.70.